The van der Waals surface area contributed by atoms with Gasteiger partial charge in [0, 0.05) is 12.6 Å². The maximum Gasteiger partial charge on any atom is 0.206 e. The quantitative estimate of drug-likeness (QED) is 0.768. The van der Waals surface area contributed by atoms with Gasteiger partial charge in [0.05, 0.1) is 25.2 Å². The number of hydrogen-bond donors (Lipinski definition) is 1. The molecule has 2 N–H and O–H groups in total. The Morgan fingerprint density at radius 1 is 1.50 bits per heavy atom. The Balaban J connectivity index is 2.26. The van der Waals surface area contributed by atoms with E-state index < -0.39 is 0 Å². The lowest BCUT2D eigenvalue weighted by atomic mass is 10.2. The average molecular weight is 278 g/mol. The number of carbonyl (C=O) groups excluding carboxylic acids is 1. The molecular weight excluding hydrogens is 260 g/mol. The van der Waals surface area contributed by atoms with Crippen LogP contribution in [-0.4, -0.2) is 37.7 Å². The molecule has 0 aliphatic carbocycles. The summed E-state index contributed by atoms with van der Waals surface area (Å²) in [6.45, 7) is 4.26. The van der Waals surface area contributed by atoms with E-state index in [1.165, 1.54) is 11.8 Å². The molecular formula is C12H18N6O2. The second-order valence-corrected chi connectivity index (χ2v) is 4.63. The van der Waals surface area contributed by atoms with E-state index >= 15 is 0 Å². The molecule has 8 nitrogen and oxygen atoms in total. The molecule has 0 aliphatic heterocycles. The van der Waals surface area contributed by atoms with Gasteiger partial charge in [0.25, 0.3) is 0 Å². The Morgan fingerprint density at radius 2 is 2.25 bits per heavy atom. The normalized spacial score (nSPS) is 11.1. The number of hydrogen-bond acceptors (Lipinski definition) is 6. The number of rotatable bonds is 6. The van der Waals surface area contributed by atoms with E-state index in [0.29, 0.717) is 23.7 Å². The fraction of sp³-hybridized carbons (Fsp3) is 0.500. The standard InChI is InChI=1S/C12H18N6O2/c1-8(2)18-12(11(20-3)5-14-18)10(19)7-17-6-9(4-13)15-16-17/h5-6,8H,4,7,13H2,1-3H3. The summed E-state index contributed by atoms with van der Waals surface area (Å²) in [5, 5.41) is 11.9. The number of aromatic nitrogens is 5. The van der Waals surface area contributed by atoms with Crippen LogP contribution in [0.25, 0.3) is 0 Å². The van der Waals surface area contributed by atoms with Crippen LogP contribution >= 0.6 is 0 Å². The molecule has 0 saturated heterocycles. The maximum absolute atomic E-state index is 12.4. The van der Waals surface area contributed by atoms with E-state index in [4.69, 9.17) is 10.5 Å². The molecule has 0 fully saturated rings. The Morgan fingerprint density at radius 3 is 2.80 bits per heavy atom. The van der Waals surface area contributed by atoms with E-state index in [1.807, 2.05) is 13.8 Å². The van der Waals surface area contributed by atoms with Crippen LogP contribution < -0.4 is 10.5 Å². The van der Waals surface area contributed by atoms with Crippen molar-refractivity contribution < 1.29 is 9.53 Å². The topological polar surface area (TPSA) is 101 Å². The lowest BCUT2D eigenvalue weighted by molar-refractivity contribution is 0.0951. The summed E-state index contributed by atoms with van der Waals surface area (Å²) in [7, 11) is 1.51. The summed E-state index contributed by atoms with van der Waals surface area (Å²) in [6, 6.07) is 0.0631. The lowest BCUT2D eigenvalue weighted by Gasteiger charge is -2.11. The number of methoxy groups -OCH3 is 1. The smallest absolute Gasteiger partial charge is 0.206 e. The zero-order valence-corrected chi connectivity index (χ0v) is 11.8. The zero-order valence-electron chi connectivity index (χ0n) is 11.8. The highest BCUT2D eigenvalue weighted by Gasteiger charge is 2.21. The molecule has 0 saturated carbocycles. The minimum absolute atomic E-state index is 0.0631. The minimum atomic E-state index is -0.137. The Hall–Kier alpha value is -2.22. The maximum atomic E-state index is 12.4. The molecule has 0 bridgehead atoms. The van der Waals surface area contributed by atoms with Crippen LogP contribution in [-0.2, 0) is 13.1 Å². The number of ketones is 1. The van der Waals surface area contributed by atoms with Crippen molar-refractivity contribution in [3.63, 3.8) is 0 Å². The fourth-order valence-electron chi connectivity index (χ4n) is 1.88. The molecule has 20 heavy (non-hydrogen) atoms. The third-order valence-electron chi connectivity index (χ3n) is 2.84. The van der Waals surface area contributed by atoms with Crippen molar-refractivity contribution in [2.24, 2.45) is 5.73 Å². The number of carbonyl (C=O) groups is 1. The van der Waals surface area contributed by atoms with Gasteiger partial charge in [-0.2, -0.15) is 5.10 Å². The van der Waals surface area contributed by atoms with Gasteiger partial charge >= 0.3 is 0 Å². The van der Waals surface area contributed by atoms with Gasteiger partial charge < -0.3 is 10.5 Å². The van der Waals surface area contributed by atoms with Crippen LogP contribution in [0.5, 0.6) is 5.75 Å². The molecule has 0 aromatic carbocycles. The highest BCUT2D eigenvalue weighted by atomic mass is 16.5. The van der Waals surface area contributed by atoms with E-state index in [-0.39, 0.29) is 18.4 Å². The summed E-state index contributed by atoms with van der Waals surface area (Å²) < 4.78 is 8.29. The molecule has 2 aromatic rings. The summed E-state index contributed by atoms with van der Waals surface area (Å²) in [4.78, 5) is 12.4. The first-order valence-electron chi connectivity index (χ1n) is 6.30. The first kappa shape index (κ1) is 14.2. The highest BCUT2D eigenvalue weighted by Crippen LogP contribution is 2.21. The third-order valence-corrected chi connectivity index (χ3v) is 2.84. The molecule has 0 aliphatic rings. The molecule has 2 heterocycles. The van der Waals surface area contributed by atoms with Crippen molar-refractivity contribution in [2.45, 2.75) is 33.0 Å². The molecule has 2 aromatic heterocycles. The molecule has 108 valence electrons. The first-order chi connectivity index (χ1) is 9.56. The Kier molecular flexibility index (Phi) is 4.14. The van der Waals surface area contributed by atoms with Crippen molar-refractivity contribution in [3.05, 3.63) is 23.8 Å². The second kappa shape index (κ2) is 5.83. The monoisotopic (exact) mass is 278 g/mol. The van der Waals surface area contributed by atoms with Crippen LogP contribution in [0.3, 0.4) is 0 Å². The van der Waals surface area contributed by atoms with E-state index in [1.54, 1.807) is 17.1 Å². The summed E-state index contributed by atoms with van der Waals surface area (Å²) in [5.41, 5.74) is 6.54. The predicted molar refractivity (Wildman–Crippen MR) is 71.4 cm³/mol. The van der Waals surface area contributed by atoms with Crippen molar-refractivity contribution in [2.75, 3.05) is 7.11 Å². The number of Topliss-reactive ketones (excluding diaryl/α,β-unsaturated/α-hetero) is 1. The summed E-state index contributed by atoms with van der Waals surface area (Å²) in [5.74, 6) is 0.324. The van der Waals surface area contributed by atoms with Crippen molar-refractivity contribution in [1.29, 1.82) is 0 Å². The van der Waals surface area contributed by atoms with Gasteiger partial charge in [-0.1, -0.05) is 5.21 Å². The van der Waals surface area contributed by atoms with Gasteiger partial charge in [-0.3, -0.25) is 9.48 Å². The minimum Gasteiger partial charge on any atom is -0.493 e. The van der Waals surface area contributed by atoms with Crippen LogP contribution in [0, 0.1) is 0 Å². The van der Waals surface area contributed by atoms with E-state index in [9.17, 15) is 4.79 Å². The van der Waals surface area contributed by atoms with Gasteiger partial charge in [-0.05, 0) is 13.8 Å². The van der Waals surface area contributed by atoms with Crippen LogP contribution in [0.1, 0.15) is 36.1 Å². The number of ether oxygens (including phenoxy) is 1. The second-order valence-electron chi connectivity index (χ2n) is 4.63. The van der Waals surface area contributed by atoms with Gasteiger partial charge in [-0.15, -0.1) is 5.10 Å². The zero-order chi connectivity index (χ0) is 14.7. The molecule has 0 spiro atoms. The van der Waals surface area contributed by atoms with Gasteiger partial charge in [-0.25, -0.2) is 4.68 Å². The van der Waals surface area contributed by atoms with Crippen LogP contribution in [0.4, 0.5) is 0 Å². The molecule has 8 heteroatoms. The molecule has 0 unspecified atom stereocenters. The van der Waals surface area contributed by atoms with E-state index in [2.05, 4.69) is 15.4 Å². The number of nitrogens with zero attached hydrogens (tertiary/aromatic N) is 5. The SMILES string of the molecule is COc1cnn(C(C)C)c1C(=O)Cn1cc(CN)nn1. The Bertz CT molecular complexity index is 601. The van der Waals surface area contributed by atoms with Crippen LogP contribution in [0.2, 0.25) is 0 Å². The van der Waals surface area contributed by atoms with Crippen molar-refractivity contribution in [1.82, 2.24) is 24.8 Å². The molecule has 0 amide bonds. The molecule has 0 atom stereocenters. The fourth-order valence-corrected chi connectivity index (χ4v) is 1.88. The van der Waals surface area contributed by atoms with Crippen molar-refractivity contribution >= 4 is 5.78 Å². The van der Waals surface area contributed by atoms with Gasteiger partial charge in [0.2, 0.25) is 5.78 Å². The summed E-state index contributed by atoms with van der Waals surface area (Å²) in [6.07, 6.45) is 3.19. The van der Waals surface area contributed by atoms with Crippen LogP contribution in [0.15, 0.2) is 12.4 Å². The molecule has 0 radical (unpaired) electrons. The van der Waals surface area contributed by atoms with E-state index in [0.717, 1.165) is 0 Å². The largest absolute Gasteiger partial charge is 0.493 e. The average Bonchev–Trinajstić information content (AvgIpc) is 3.03. The lowest BCUT2D eigenvalue weighted by Crippen LogP contribution is -2.18. The summed E-state index contributed by atoms with van der Waals surface area (Å²) >= 11 is 0. The van der Waals surface area contributed by atoms with Gasteiger partial charge in [0.1, 0.15) is 12.2 Å². The molecule has 2 rings (SSSR count). The Labute approximate surface area is 116 Å². The number of nitrogens with two attached hydrogens (primary N) is 1. The highest BCUT2D eigenvalue weighted by molar-refractivity contribution is 5.96. The third kappa shape index (κ3) is 2.69. The first-order valence-corrected chi connectivity index (χ1v) is 6.30. The van der Waals surface area contributed by atoms with Gasteiger partial charge in [0.15, 0.2) is 5.75 Å². The van der Waals surface area contributed by atoms with Crippen molar-refractivity contribution in [3.8, 4) is 5.75 Å². The predicted octanol–water partition coefficient (Wildman–Crippen LogP) is 0.406.